The van der Waals surface area contributed by atoms with Crippen molar-refractivity contribution in [3.63, 3.8) is 0 Å². The maximum absolute atomic E-state index is 13.4. The Morgan fingerprint density at radius 2 is 2.05 bits per heavy atom. The van der Waals surface area contributed by atoms with Gasteiger partial charge in [0, 0.05) is 18.9 Å². The zero-order valence-corrected chi connectivity index (χ0v) is 12.1. The molecule has 6 heteroatoms. The van der Waals surface area contributed by atoms with Crippen LogP contribution in [-0.2, 0) is 9.53 Å². The minimum Gasteiger partial charge on any atom is -0.392 e. The van der Waals surface area contributed by atoms with Crippen LogP contribution in [0.1, 0.15) is 18.4 Å². The predicted octanol–water partition coefficient (Wildman–Crippen LogP) is 2.16. The summed E-state index contributed by atoms with van der Waals surface area (Å²) in [5.41, 5.74) is 5.99. The van der Waals surface area contributed by atoms with Crippen LogP contribution in [-0.4, -0.2) is 24.1 Å². The molecule has 0 unspecified atom stereocenters. The van der Waals surface area contributed by atoms with E-state index in [1.165, 1.54) is 12.1 Å². The van der Waals surface area contributed by atoms with Crippen molar-refractivity contribution in [1.82, 2.24) is 0 Å². The van der Waals surface area contributed by atoms with Crippen LogP contribution in [0.4, 0.5) is 10.1 Å². The maximum atomic E-state index is 13.4. The topological polar surface area (TPSA) is 64.4 Å². The molecule has 108 valence electrons. The number of carbonyl (C=O) groups excluding carboxylic acids is 1. The number of aryl methyl sites for hydroxylation is 1. The molecular weight excluding hydrogens is 279 g/mol. The second-order valence-corrected chi connectivity index (χ2v) is 5.47. The number of anilines is 1. The molecule has 0 saturated carbocycles. The molecule has 1 saturated heterocycles. The summed E-state index contributed by atoms with van der Waals surface area (Å²) in [6, 6.07) is 4.37. The van der Waals surface area contributed by atoms with Crippen LogP contribution < -0.4 is 11.1 Å². The lowest BCUT2D eigenvalue weighted by atomic mass is 9.79. The highest BCUT2D eigenvalue weighted by molar-refractivity contribution is 7.80. The van der Waals surface area contributed by atoms with Crippen molar-refractivity contribution in [2.75, 3.05) is 18.5 Å². The van der Waals surface area contributed by atoms with E-state index in [2.05, 4.69) is 5.32 Å². The minimum atomic E-state index is -0.909. The third-order valence-electron chi connectivity index (χ3n) is 3.55. The minimum absolute atomic E-state index is 0.159. The van der Waals surface area contributed by atoms with Gasteiger partial charge in [-0.15, -0.1) is 0 Å². The summed E-state index contributed by atoms with van der Waals surface area (Å²) in [5, 5.41) is 2.71. The van der Waals surface area contributed by atoms with Gasteiger partial charge in [-0.05, 0) is 43.5 Å². The molecule has 2 rings (SSSR count). The summed E-state index contributed by atoms with van der Waals surface area (Å²) in [6.07, 6.45) is 0.894. The van der Waals surface area contributed by atoms with Gasteiger partial charge in [-0.25, -0.2) is 4.39 Å². The van der Waals surface area contributed by atoms with Gasteiger partial charge in [0.05, 0.1) is 4.99 Å². The quantitative estimate of drug-likeness (QED) is 0.839. The number of nitrogens with two attached hydrogens (primary N) is 1. The average Bonchev–Trinajstić information content (AvgIpc) is 2.38. The van der Waals surface area contributed by atoms with Gasteiger partial charge < -0.3 is 15.8 Å². The number of rotatable bonds is 3. The summed E-state index contributed by atoms with van der Waals surface area (Å²) in [7, 11) is 0. The molecule has 0 aromatic heterocycles. The molecule has 0 radical (unpaired) electrons. The lowest BCUT2D eigenvalue weighted by Gasteiger charge is -2.34. The number of thiocarbonyl (C=S) groups is 1. The Balaban J connectivity index is 2.22. The lowest BCUT2D eigenvalue weighted by molar-refractivity contribution is -0.126. The Kier molecular flexibility index (Phi) is 4.35. The molecule has 1 aromatic rings. The van der Waals surface area contributed by atoms with Crippen molar-refractivity contribution in [2.45, 2.75) is 19.8 Å². The fourth-order valence-electron chi connectivity index (χ4n) is 2.36. The van der Waals surface area contributed by atoms with E-state index in [1.807, 2.05) is 0 Å². The van der Waals surface area contributed by atoms with Crippen molar-refractivity contribution in [3.8, 4) is 0 Å². The van der Waals surface area contributed by atoms with Crippen molar-refractivity contribution >= 4 is 28.8 Å². The molecule has 4 nitrogen and oxygen atoms in total. The van der Waals surface area contributed by atoms with E-state index < -0.39 is 11.2 Å². The van der Waals surface area contributed by atoms with E-state index in [1.54, 1.807) is 13.0 Å². The first-order valence-corrected chi connectivity index (χ1v) is 6.81. The summed E-state index contributed by atoms with van der Waals surface area (Å²) in [6.45, 7) is 2.64. The Bertz CT molecular complexity index is 522. The molecule has 0 aliphatic carbocycles. The first-order valence-electron chi connectivity index (χ1n) is 6.40. The van der Waals surface area contributed by atoms with Gasteiger partial charge in [0.25, 0.3) is 0 Å². The van der Waals surface area contributed by atoms with Crippen LogP contribution >= 0.6 is 12.2 Å². The SMILES string of the molecule is Cc1cc(F)cc(NC(=O)C2(C(N)=S)CCOCC2)c1. The first-order chi connectivity index (χ1) is 9.44. The molecule has 0 atom stereocenters. The number of nitrogens with one attached hydrogen (secondary N) is 1. The highest BCUT2D eigenvalue weighted by atomic mass is 32.1. The number of hydrogen-bond donors (Lipinski definition) is 2. The molecule has 3 N–H and O–H groups in total. The number of hydrogen-bond acceptors (Lipinski definition) is 3. The first kappa shape index (κ1) is 14.9. The van der Waals surface area contributed by atoms with E-state index in [4.69, 9.17) is 22.7 Å². The number of halogens is 1. The van der Waals surface area contributed by atoms with Crippen LogP contribution in [0.2, 0.25) is 0 Å². The number of amides is 1. The Morgan fingerprint density at radius 3 is 2.60 bits per heavy atom. The lowest BCUT2D eigenvalue weighted by Crippen LogP contribution is -2.49. The molecule has 20 heavy (non-hydrogen) atoms. The van der Waals surface area contributed by atoms with Crippen LogP contribution in [0.25, 0.3) is 0 Å². The van der Waals surface area contributed by atoms with E-state index >= 15 is 0 Å². The van der Waals surface area contributed by atoms with Gasteiger partial charge in [0.1, 0.15) is 11.2 Å². The maximum Gasteiger partial charge on any atom is 0.237 e. The molecule has 0 bridgehead atoms. The van der Waals surface area contributed by atoms with Crippen LogP contribution in [0.15, 0.2) is 18.2 Å². The van der Waals surface area contributed by atoms with Gasteiger partial charge in [-0.2, -0.15) is 0 Å². The second kappa shape index (κ2) is 5.85. The van der Waals surface area contributed by atoms with E-state index in [0.29, 0.717) is 31.7 Å². The Hall–Kier alpha value is -1.53. The van der Waals surface area contributed by atoms with Gasteiger partial charge in [0.2, 0.25) is 5.91 Å². The summed E-state index contributed by atoms with van der Waals surface area (Å²) in [5.74, 6) is -0.685. The summed E-state index contributed by atoms with van der Waals surface area (Å²) in [4.78, 5) is 12.7. The van der Waals surface area contributed by atoms with Gasteiger partial charge in [-0.1, -0.05) is 12.2 Å². The molecule has 1 aromatic carbocycles. The van der Waals surface area contributed by atoms with Crippen molar-refractivity contribution < 1.29 is 13.9 Å². The van der Waals surface area contributed by atoms with Crippen LogP contribution in [0.5, 0.6) is 0 Å². The number of carbonyl (C=O) groups is 1. The summed E-state index contributed by atoms with van der Waals surface area (Å²) >= 11 is 5.06. The Morgan fingerprint density at radius 1 is 1.40 bits per heavy atom. The number of ether oxygens (including phenoxy) is 1. The largest absolute Gasteiger partial charge is 0.392 e. The van der Waals surface area contributed by atoms with E-state index in [0.717, 1.165) is 5.56 Å². The van der Waals surface area contributed by atoms with Gasteiger partial charge >= 0.3 is 0 Å². The monoisotopic (exact) mass is 296 g/mol. The normalized spacial score (nSPS) is 17.5. The van der Waals surface area contributed by atoms with E-state index in [9.17, 15) is 9.18 Å². The molecular formula is C14H17FN2O2S. The standard InChI is InChI=1S/C14H17FN2O2S/c1-9-6-10(15)8-11(7-9)17-13(18)14(12(16)20)2-4-19-5-3-14/h6-8H,2-5H2,1H3,(H2,16,20)(H,17,18). The molecule has 1 aliphatic heterocycles. The molecule has 1 heterocycles. The van der Waals surface area contributed by atoms with Crippen molar-refractivity contribution in [2.24, 2.45) is 11.1 Å². The smallest absolute Gasteiger partial charge is 0.237 e. The fraction of sp³-hybridized carbons (Fsp3) is 0.429. The average molecular weight is 296 g/mol. The molecule has 0 spiro atoms. The third kappa shape index (κ3) is 2.96. The van der Waals surface area contributed by atoms with Crippen LogP contribution in [0, 0.1) is 18.2 Å². The fourth-order valence-corrected chi connectivity index (χ4v) is 2.66. The summed E-state index contributed by atoms with van der Waals surface area (Å²) < 4.78 is 18.6. The number of benzene rings is 1. The van der Waals surface area contributed by atoms with Gasteiger partial charge in [-0.3, -0.25) is 4.79 Å². The molecule has 1 amide bonds. The highest BCUT2D eigenvalue weighted by Crippen LogP contribution is 2.32. The van der Waals surface area contributed by atoms with E-state index in [-0.39, 0.29) is 10.9 Å². The zero-order valence-electron chi connectivity index (χ0n) is 11.2. The van der Waals surface area contributed by atoms with Crippen molar-refractivity contribution in [1.29, 1.82) is 0 Å². The highest BCUT2D eigenvalue weighted by Gasteiger charge is 2.43. The zero-order chi connectivity index (χ0) is 14.8. The van der Waals surface area contributed by atoms with Crippen LogP contribution in [0.3, 0.4) is 0 Å². The molecule has 1 aliphatic rings. The molecule has 1 fully saturated rings. The van der Waals surface area contributed by atoms with Gasteiger partial charge in [0.15, 0.2) is 0 Å². The third-order valence-corrected chi connectivity index (χ3v) is 3.94. The Labute approximate surface area is 122 Å². The predicted molar refractivity (Wildman–Crippen MR) is 79.0 cm³/mol. The van der Waals surface area contributed by atoms with Crippen molar-refractivity contribution in [3.05, 3.63) is 29.6 Å². The second-order valence-electron chi connectivity index (χ2n) is 5.03.